The van der Waals surface area contributed by atoms with Crippen LogP contribution in [0.1, 0.15) is 5.56 Å². The molecule has 0 radical (unpaired) electrons. The summed E-state index contributed by atoms with van der Waals surface area (Å²) in [6.45, 7) is 0. The minimum absolute atomic E-state index is 0.0222. The summed E-state index contributed by atoms with van der Waals surface area (Å²) in [5.74, 6) is 0. The number of nitrogens with one attached hydrogen (secondary N) is 1. The van der Waals surface area contributed by atoms with Crippen LogP contribution in [0.2, 0.25) is 5.02 Å². The van der Waals surface area contributed by atoms with Crippen molar-refractivity contribution in [3.05, 3.63) is 65.7 Å². The fraction of sp³-hybridized carbons (Fsp3) is 0.0588. The molecule has 4 aromatic rings. The number of rotatable bonds is 2. The maximum Gasteiger partial charge on any atom is 0.416 e. The third-order valence-electron chi connectivity index (χ3n) is 3.88. The molecule has 0 bridgehead atoms. The molecule has 0 amide bonds. The molecule has 0 saturated carbocycles. The van der Waals surface area contributed by atoms with Gasteiger partial charge in [-0.1, -0.05) is 11.6 Å². The molecule has 0 spiro atoms. The number of hydrogen-bond donors (Lipinski definition) is 1. The van der Waals surface area contributed by atoms with Crippen LogP contribution in [-0.4, -0.2) is 19.7 Å². The lowest BCUT2D eigenvalue weighted by Crippen LogP contribution is -2.05. The highest BCUT2D eigenvalue weighted by Crippen LogP contribution is 2.34. The Morgan fingerprint density at radius 2 is 1.96 bits per heavy atom. The summed E-state index contributed by atoms with van der Waals surface area (Å²) in [5.41, 5.74) is 2.05. The molecule has 0 saturated heterocycles. The first-order valence-electron chi connectivity index (χ1n) is 7.28. The van der Waals surface area contributed by atoms with E-state index in [2.05, 4.69) is 15.1 Å². The van der Waals surface area contributed by atoms with Crippen molar-refractivity contribution in [3.8, 4) is 16.8 Å². The van der Waals surface area contributed by atoms with E-state index < -0.39 is 11.7 Å². The Morgan fingerprint density at radius 3 is 2.72 bits per heavy atom. The van der Waals surface area contributed by atoms with E-state index in [9.17, 15) is 13.2 Å². The summed E-state index contributed by atoms with van der Waals surface area (Å²) in [6.07, 6.45) is 2.38. The molecule has 0 atom stereocenters. The number of fused-ring (bicyclic) bond motifs is 1. The largest absolute Gasteiger partial charge is 0.416 e. The molecule has 8 heteroatoms. The van der Waals surface area contributed by atoms with Gasteiger partial charge < -0.3 is 4.98 Å². The van der Waals surface area contributed by atoms with E-state index >= 15 is 0 Å². The van der Waals surface area contributed by atoms with Gasteiger partial charge in [-0.25, -0.2) is 9.67 Å². The second-order valence-electron chi connectivity index (χ2n) is 5.44. The highest BCUT2D eigenvalue weighted by atomic mass is 35.5. The monoisotopic (exact) mass is 362 g/mol. The molecular formula is C17H10ClF3N4. The quantitative estimate of drug-likeness (QED) is 0.540. The van der Waals surface area contributed by atoms with E-state index in [4.69, 9.17) is 11.6 Å². The van der Waals surface area contributed by atoms with Gasteiger partial charge in [0.05, 0.1) is 22.5 Å². The highest BCUT2D eigenvalue weighted by molar-refractivity contribution is 6.32. The Balaban J connectivity index is 1.76. The summed E-state index contributed by atoms with van der Waals surface area (Å²) in [6, 6.07) is 6.95. The van der Waals surface area contributed by atoms with Gasteiger partial charge in [0.2, 0.25) is 0 Å². The van der Waals surface area contributed by atoms with Gasteiger partial charge in [-0.3, -0.25) is 0 Å². The maximum absolute atomic E-state index is 12.8. The molecule has 1 N–H and O–H groups in total. The van der Waals surface area contributed by atoms with E-state index in [0.29, 0.717) is 5.69 Å². The standard InChI is InChI=1S/C17H10ClF3N4/c18-14-7-11(17(19,20)21)1-2-15(14)25-9-10(8-24-25)12-3-5-22-16-13(12)4-6-23-16/h1-9H,(H,22,23). The Bertz CT molecular complexity index is 1070. The number of halogens is 4. The Labute approximate surface area is 144 Å². The molecule has 3 aromatic heterocycles. The van der Waals surface area contributed by atoms with Gasteiger partial charge in [0, 0.05) is 29.5 Å². The van der Waals surface area contributed by atoms with Gasteiger partial charge in [-0.05, 0) is 35.9 Å². The zero-order chi connectivity index (χ0) is 17.6. The fourth-order valence-corrected chi connectivity index (χ4v) is 2.94. The first kappa shape index (κ1) is 15.7. The molecule has 4 rings (SSSR count). The van der Waals surface area contributed by atoms with Crippen molar-refractivity contribution in [3.63, 3.8) is 0 Å². The zero-order valence-corrected chi connectivity index (χ0v) is 13.3. The van der Waals surface area contributed by atoms with Gasteiger partial charge >= 0.3 is 6.18 Å². The SMILES string of the molecule is FC(F)(F)c1ccc(-n2cc(-c3ccnc4[nH]ccc34)cn2)c(Cl)c1. The Morgan fingerprint density at radius 1 is 1.12 bits per heavy atom. The third-order valence-corrected chi connectivity index (χ3v) is 4.18. The van der Waals surface area contributed by atoms with Crippen LogP contribution in [0.4, 0.5) is 13.2 Å². The number of pyridine rings is 1. The van der Waals surface area contributed by atoms with Crippen molar-refractivity contribution in [2.75, 3.05) is 0 Å². The van der Waals surface area contributed by atoms with Crippen LogP contribution < -0.4 is 0 Å². The lowest BCUT2D eigenvalue weighted by atomic mass is 10.1. The molecule has 0 aliphatic carbocycles. The summed E-state index contributed by atoms with van der Waals surface area (Å²) in [4.78, 5) is 7.26. The first-order valence-corrected chi connectivity index (χ1v) is 7.65. The van der Waals surface area contributed by atoms with Crippen molar-refractivity contribution >= 4 is 22.6 Å². The van der Waals surface area contributed by atoms with E-state index in [1.165, 1.54) is 10.7 Å². The van der Waals surface area contributed by atoms with Crippen LogP contribution in [0.5, 0.6) is 0 Å². The fourth-order valence-electron chi connectivity index (χ4n) is 2.68. The van der Waals surface area contributed by atoms with Gasteiger partial charge in [-0.2, -0.15) is 18.3 Å². The second kappa shape index (κ2) is 5.63. The van der Waals surface area contributed by atoms with Crippen LogP contribution in [0.25, 0.3) is 27.8 Å². The predicted octanol–water partition coefficient (Wildman–Crippen LogP) is 5.09. The van der Waals surface area contributed by atoms with Crippen molar-refractivity contribution in [2.45, 2.75) is 6.18 Å². The number of hydrogen-bond acceptors (Lipinski definition) is 2. The van der Waals surface area contributed by atoms with Crippen LogP contribution >= 0.6 is 11.6 Å². The minimum Gasteiger partial charge on any atom is -0.346 e. The molecule has 0 unspecified atom stereocenters. The van der Waals surface area contributed by atoms with Crippen LogP contribution in [0, 0.1) is 0 Å². The van der Waals surface area contributed by atoms with Crippen molar-refractivity contribution in [1.29, 1.82) is 0 Å². The lowest BCUT2D eigenvalue weighted by molar-refractivity contribution is -0.137. The topological polar surface area (TPSA) is 46.5 Å². The average Bonchev–Trinajstić information content (AvgIpc) is 3.22. The van der Waals surface area contributed by atoms with Gasteiger partial charge in [0.25, 0.3) is 0 Å². The number of aromatic amines is 1. The summed E-state index contributed by atoms with van der Waals surface area (Å²) >= 11 is 6.03. The smallest absolute Gasteiger partial charge is 0.346 e. The van der Waals surface area contributed by atoms with E-state index in [1.807, 2.05) is 12.1 Å². The normalized spacial score (nSPS) is 12.0. The van der Waals surface area contributed by atoms with Crippen LogP contribution in [0.3, 0.4) is 0 Å². The molecule has 4 nitrogen and oxygen atoms in total. The molecule has 126 valence electrons. The number of alkyl halides is 3. The van der Waals surface area contributed by atoms with Gasteiger partial charge in [-0.15, -0.1) is 0 Å². The average molecular weight is 363 g/mol. The van der Waals surface area contributed by atoms with Gasteiger partial charge in [0.1, 0.15) is 5.65 Å². The highest BCUT2D eigenvalue weighted by Gasteiger charge is 2.31. The van der Waals surface area contributed by atoms with E-state index in [-0.39, 0.29) is 5.02 Å². The van der Waals surface area contributed by atoms with Crippen LogP contribution in [0.15, 0.2) is 55.1 Å². The Hall–Kier alpha value is -2.80. The molecule has 1 aromatic carbocycles. The van der Waals surface area contributed by atoms with Crippen molar-refractivity contribution in [1.82, 2.24) is 19.7 Å². The van der Waals surface area contributed by atoms with Crippen molar-refractivity contribution in [2.24, 2.45) is 0 Å². The van der Waals surface area contributed by atoms with E-state index in [0.717, 1.165) is 34.3 Å². The maximum atomic E-state index is 12.8. The Kier molecular flexibility index (Phi) is 3.54. The zero-order valence-electron chi connectivity index (χ0n) is 12.5. The minimum atomic E-state index is -4.44. The number of H-pyrrole nitrogens is 1. The second-order valence-corrected chi connectivity index (χ2v) is 5.84. The number of nitrogens with zero attached hydrogens (tertiary/aromatic N) is 3. The molecule has 3 heterocycles. The molecular weight excluding hydrogens is 353 g/mol. The summed E-state index contributed by atoms with van der Waals surface area (Å²) < 4.78 is 39.7. The van der Waals surface area contributed by atoms with E-state index in [1.54, 1.807) is 24.8 Å². The molecule has 0 fully saturated rings. The summed E-state index contributed by atoms with van der Waals surface area (Å²) in [5, 5.41) is 5.14. The number of benzene rings is 1. The van der Waals surface area contributed by atoms with Gasteiger partial charge in [0.15, 0.2) is 0 Å². The third kappa shape index (κ3) is 2.76. The molecule has 0 aliphatic heterocycles. The first-order chi connectivity index (χ1) is 11.9. The van der Waals surface area contributed by atoms with Crippen LogP contribution in [-0.2, 0) is 6.18 Å². The molecule has 25 heavy (non-hydrogen) atoms. The predicted molar refractivity (Wildman–Crippen MR) is 88.7 cm³/mol. The molecule has 0 aliphatic rings. The lowest BCUT2D eigenvalue weighted by Gasteiger charge is -2.09. The number of aromatic nitrogens is 4. The summed E-state index contributed by atoms with van der Waals surface area (Å²) in [7, 11) is 0. The van der Waals surface area contributed by atoms with Crippen molar-refractivity contribution < 1.29 is 13.2 Å².